The van der Waals surface area contributed by atoms with Crippen molar-refractivity contribution in [1.29, 1.82) is 0 Å². The van der Waals surface area contributed by atoms with E-state index in [1.165, 1.54) is 0 Å². The minimum absolute atomic E-state index is 0.0717. The third kappa shape index (κ3) is 8.77. The number of ether oxygens (including phenoxy) is 1. The van der Waals surface area contributed by atoms with Gasteiger partial charge in [0.2, 0.25) is 11.9 Å². The number of carboxylic acids is 2. The van der Waals surface area contributed by atoms with E-state index in [2.05, 4.69) is 14.9 Å². The van der Waals surface area contributed by atoms with Gasteiger partial charge in [0, 0.05) is 32.3 Å². The van der Waals surface area contributed by atoms with Crippen molar-refractivity contribution in [2.45, 2.75) is 51.1 Å². The molecular formula is C24H26F6N4O6. The lowest BCUT2D eigenvalue weighted by Gasteiger charge is -2.25. The Balaban J connectivity index is 0.000000559. The van der Waals surface area contributed by atoms with E-state index in [1.807, 2.05) is 6.20 Å². The van der Waals surface area contributed by atoms with Crippen molar-refractivity contribution in [2.24, 2.45) is 5.92 Å². The van der Waals surface area contributed by atoms with E-state index in [9.17, 15) is 35.9 Å². The van der Waals surface area contributed by atoms with Gasteiger partial charge in [-0.3, -0.25) is 9.59 Å². The molecule has 3 heterocycles. The summed E-state index contributed by atoms with van der Waals surface area (Å²) < 4.78 is 78.8. The molecule has 10 nitrogen and oxygen atoms in total. The Morgan fingerprint density at radius 2 is 1.82 bits per heavy atom. The van der Waals surface area contributed by atoms with Crippen LogP contribution in [0.3, 0.4) is 0 Å². The van der Waals surface area contributed by atoms with Gasteiger partial charge < -0.3 is 29.7 Å². The molecular weight excluding hydrogens is 554 g/mol. The summed E-state index contributed by atoms with van der Waals surface area (Å²) in [6.45, 7) is 0.467. The quantitative estimate of drug-likeness (QED) is 0.424. The van der Waals surface area contributed by atoms with Crippen LogP contribution in [0.5, 0.6) is 5.75 Å². The highest BCUT2D eigenvalue weighted by atomic mass is 19.4. The number of benzene rings is 1. The van der Waals surface area contributed by atoms with Gasteiger partial charge in [-0.15, -0.1) is 0 Å². The molecule has 220 valence electrons. The molecule has 16 heteroatoms. The third-order valence-electron chi connectivity index (χ3n) is 6.01. The fourth-order valence-electron chi connectivity index (χ4n) is 4.28. The summed E-state index contributed by atoms with van der Waals surface area (Å²) in [5, 5.41) is 19.5. The maximum Gasteiger partial charge on any atom is 0.490 e. The highest BCUT2D eigenvalue weighted by molar-refractivity contribution is 5.84. The second-order valence-electron chi connectivity index (χ2n) is 9.17. The molecule has 2 aromatic rings. The summed E-state index contributed by atoms with van der Waals surface area (Å²) in [5.74, 6) is -4.50. The predicted molar refractivity (Wildman–Crippen MR) is 126 cm³/mol. The van der Waals surface area contributed by atoms with Crippen LogP contribution in [0.15, 0.2) is 24.4 Å². The molecule has 2 aliphatic rings. The van der Waals surface area contributed by atoms with Crippen LogP contribution in [0.4, 0.5) is 32.3 Å². The molecule has 0 fully saturated rings. The topological polar surface area (TPSA) is 134 Å². The molecule has 3 N–H and O–H groups in total. The molecule has 0 radical (unpaired) electrons. The molecule has 40 heavy (non-hydrogen) atoms. The normalized spacial score (nSPS) is 17.0. The van der Waals surface area contributed by atoms with E-state index in [-0.39, 0.29) is 13.0 Å². The Morgan fingerprint density at radius 1 is 1.12 bits per heavy atom. The predicted octanol–water partition coefficient (Wildman–Crippen LogP) is 3.49. The fourth-order valence-corrected chi connectivity index (χ4v) is 4.28. The standard InChI is InChI=1S/C22H25F3N4O4.C2HF3O2/c23-22(24,25)13-29-11-16-9-18(3-2-14(16)8-15(20(29)32)10-19(30)31)33-7-4-17-12-28-6-1-5-26-21(28)27-17;3-2(4,5)1(6)7/h2-3,9,12,15H,1,4-8,10-11,13H2,(H,26,27)(H,30,31);(H,6,7). The van der Waals surface area contributed by atoms with E-state index in [1.54, 1.807) is 18.2 Å². The third-order valence-corrected chi connectivity index (χ3v) is 6.01. The number of carboxylic acid groups (broad SMARTS) is 2. The summed E-state index contributed by atoms with van der Waals surface area (Å²) in [5.41, 5.74) is 2.06. The van der Waals surface area contributed by atoms with Gasteiger partial charge in [-0.05, 0) is 36.1 Å². The first-order valence-corrected chi connectivity index (χ1v) is 12.0. The Hall–Kier alpha value is -3.98. The van der Waals surface area contributed by atoms with Gasteiger partial charge in [0.15, 0.2) is 0 Å². The van der Waals surface area contributed by atoms with Gasteiger partial charge >= 0.3 is 24.3 Å². The highest BCUT2D eigenvalue weighted by Crippen LogP contribution is 2.30. The number of anilines is 1. The van der Waals surface area contributed by atoms with Crippen LogP contribution in [0.2, 0.25) is 0 Å². The molecule has 0 bridgehead atoms. The zero-order valence-electron chi connectivity index (χ0n) is 20.9. The number of imidazole rings is 1. The first kappa shape index (κ1) is 30.6. The molecule has 1 atom stereocenters. The first-order chi connectivity index (χ1) is 18.6. The maximum absolute atomic E-state index is 13.1. The molecule has 0 spiro atoms. The van der Waals surface area contributed by atoms with Crippen molar-refractivity contribution in [3.8, 4) is 5.75 Å². The minimum atomic E-state index is -5.08. The van der Waals surface area contributed by atoms with Crippen molar-refractivity contribution >= 4 is 23.8 Å². The second kappa shape index (κ2) is 12.5. The Kier molecular flexibility index (Phi) is 9.52. The van der Waals surface area contributed by atoms with E-state index >= 15 is 0 Å². The van der Waals surface area contributed by atoms with Crippen LogP contribution in [-0.2, 0) is 40.3 Å². The number of alkyl halides is 6. The lowest BCUT2D eigenvalue weighted by atomic mass is 9.94. The molecule has 0 aliphatic carbocycles. The zero-order valence-corrected chi connectivity index (χ0v) is 20.9. The Labute approximate surface area is 223 Å². The van der Waals surface area contributed by atoms with E-state index in [0.717, 1.165) is 31.2 Å². The molecule has 1 aromatic heterocycles. The van der Waals surface area contributed by atoms with Crippen LogP contribution < -0.4 is 10.1 Å². The highest BCUT2D eigenvalue weighted by Gasteiger charge is 2.39. The summed E-state index contributed by atoms with van der Waals surface area (Å²) in [4.78, 5) is 37.9. The summed E-state index contributed by atoms with van der Waals surface area (Å²) in [7, 11) is 0. The molecule has 1 amide bonds. The van der Waals surface area contributed by atoms with Crippen molar-refractivity contribution in [1.82, 2.24) is 14.5 Å². The Bertz CT molecular complexity index is 1210. The van der Waals surface area contributed by atoms with Gasteiger partial charge in [-0.2, -0.15) is 26.3 Å². The molecule has 1 aromatic carbocycles. The minimum Gasteiger partial charge on any atom is -0.493 e. The van der Waals surface area contributed by atoms with E-state index in [4.69, 9.17) is 19.7 Å². The van der Waals surface area contributed by atoms with Gasteiger partial charge in [0.25, 0.3) is 0 Å². The van der Waals surface area contributed by atoms with Crippen LogP contribution in [0, 0.1) is 5.92 Å². The number of aliphatic carboxylic acids is 2. The number of fused-ring (bicyclic) bond motifs is 2. The fraction of sp³-hybridized carbons (Fsp3) is 0.500. The number of aromatic nitrogens is 2. The number of rotatable bonds is 7. The first-order valence-electron chi connectivity index (χ1n) is 12.0. The zero-order chi connectivity index (χ0) is 29.7. The summed E-state index contributed by atoms with van der Waals surface area (Å²) in [6, 6.07) is 5.03. The van der Waals surface area contributed by atoms with Crippen LogP contribution in [0.25, 0.3) is 0 Å². The van der Waals surface area contributed by atoms with Crippen LogP contribution in [0.1, 0.15) is 29.7 Å². The largest absolute Gasteiger partial charge is 0.493 e. The average Bonchev–Trinajstić information content (AvgIpc) is 3.20. The lowest BCUT2D eigenvalue weighted by Crippen LogP contribution is -2.41. The number of carbonyl (C=O) groups excluding carboxylic acids is 1. The number of carbonyl (C=O) groups is 3. The smallest absolute Gasteiger partial charge is 0.490 e. The van der Waals surface area contributed by atoms with E-state index in [0.29, 0.717) is 34.8 Å². The van der Waals surface area contributed by atoms with Crippen molar-refractivity contribution in [2.75, 3.05) is 25.0 Å². The average molecular weight is 580 g/mol. The van der Waals surface area contributed by atoms with E-state index < -0.39 is 49.1 Å². The second-order valence-corrected chi connectivity index (χ2v) is 9.17. The number of amides is 1. The number of halogens is 6. The van der Waals surface area contributed by atoms with Gasteiger partial charge in [-0.1, -0.05) is 6.07 Å². The van der Waals surface area contributed by atoms with Crippen molar-refractivity contribution < 1.29 is 55.7 Å². The number of nitrogens with zero attached hydrogens (tertiary/aromatic N) is 3. The van der Waals surface area contributed by atoms with Gasteiger partial charge in [0.05, 0.1) is 24.6 Å². The number of aryl methyl sites for hydroxylation is 1. The Morgan fingerprint density at radius 3 is 2.42 bits per heavy atom. The SMILES string of the molecule is O=C(O)C(F)(F)F.O=C(O)CC1Cc2ccc(OCCc3cn4c(n3)NCCC4)cc2CN(CC(F)(F)F)C1=O. The lowest BCUT2D eigenvalue weighted by molar-refractivity contribution is -0.192. The maximum atomic E-state index is 13.1. The van der Waals surface area contributed by atoms with Crippen molar-refractivity contribution in [3.63, 3.8) is 0 Å². The summed E-state index contributed by atoms with van der Waals surface area (Å²) in [6.07, 6.45) is -6.53. The van der Waals surface area contributed by atoms with Crippen LogP contribution >= 0.6 is 0 Å². The monoisotopic (exact) mass is 580 g/mol. The molecule has 1 unspecified atom stereocenters. The van der Waals surface area contributed by atoms with Crippen molar-refractivity contribution in [3.05, 3.63) is 41.2 Å². The van der Waals surface area contributed by atoms with Gasteiger partial charge in [-0.25, -0.2) is 9.78 Å². The number of hydrogen-bond donors (Lipinski definition) is 3. The molecule has 2 aliphatic heterocycles. The summed E-state index contributed by atoms with van der Waals surface area (Å²) >= 11 is 0. The van der Waals surface area contributed by atoms with Gasteiger partial charge in [0.1, 0.15) is 12.3 Å². The molecule has 0 saturated carbocycles. The molecule has 4 rings (SSSR count). The number of hydrogen-bond acceptors (Lipinski definition) is 6. The van der Waals surface area contributed by atoms with Crippen LogP contribution in [-0.4, -0.2) is 74.6 Å². The number of nitrogens with one attached hydrogen (secondary N) is 1. The molecule has 0 saturated heterocycles.